The van der Waals surface area contributed by atoms with Crippen molar-refractivity contribution < 1.29 is 32.3 Å². The Morgan fingerprint density at radius 1 is 1.17 bits per heavy atom. The summed E-state index contributed by atoms with van der Waals surface area (Å²) in [4.78, 5) is 24.8. The van der Waals surface area contributed by atoms with Crippen LogP contribution in [0.2, 0.25) is 0 Å². The fraction of sp³-hybridized carbons (Fsp3) is 0.385. The Bertz CT molecular complexity index is 1530. The van der Waals surface area contributed by atoms with Gasteiger partial charge in [-0.3, -0.25) is 19.6 Å². The quantitative estimate of drug-likeness (QED) is 0.166. The highest BCUT2D eigenvalue weighted by atomic mass is 32.1. The number of hydrogen-bond donors (Lipinski definition) is 0. The number of rotatable bonds is 8. The zero-order valence-corrected chi connectivity index (χ0v) is 22.6. The molecule has 0 N–H and O–H groups in total. The van der Waals surface area contributed by atoms with Crippen LogP contribution in [0.1, 0.15) is 12.5 Å². The second kappa shape index (κ2) is 10.4. The molecule has 2 aliphatic heterocycles. The topological polar surface area (TPSA) is 108 Å². The molecule has 15 heteroatoms. The number of fused-ring (bicyclic) bond motifs is 2. The number of imidazole rings is 1. The number of aromatic nitrogens is 3. The van der Waals surface area contributed by atoms with Gasteiger partial charge in [0.05, 0.1) is 16.2 Å². The summed E-state index contributed by atoms with van der Waals surface area (Å²) in [6.45, 7) is 5.30. The maximum absolute atomic E-state index is 12.4. The third kappa shape index (κ3) is 5.72. The first-order valence-corrected chi connectivity index (χ1v) is 13.6. The molecule has 1 fully saturated rings. The van der Waals surface area contributed by atoms with Crippen LogP contribution in [-0.4, -0.2) is 68.7 Å². The van der Waals surface area contributed by atoms with E-state index >= 15 is 0 Å². The highest BCUT2D eigenvalue weighted by molar-refractivity contribution is 7.22. The van der Waals surface area contributed by atoms with E-state index in [1.807, 2.05) is 6.07 Å². The first-order chi connectivity index (χ1) is 19.6. The van der Waals surface area contributed by atoms with Crippen LogP contribution in [0.25, 0.3) is 10.2 Å². The molecule has 0 saturated carbocycles. The SMILES string of the molecule is CC1([C@H](Oc2cccc3sc(N4CCN(Cc5ccc(OC(F)(F)F)cc5)CC4)nc23)[N+](=O)[O-])Cn2ccnc2O1. The minimum atomic E-state index is -4.72. The van der Waals surface area contributed by atoms with E-state index in [1.54, 1.807) is 48.1 Å². The molecule has 11 nitrogen and oxygen atoms in total. The lowest BCUT2D eigenvalue weighted by Gasteiger charge is -2.34. The second-order valence-corrected chi connectivity index (χ2v) is 11.1. The van der Waals surface area contributed by atoms with Crippen molar-refractivity contribution in [3.05, 3.63) is 70.5 Å². The average Bonchev–Trinajstić information content (AvgIpc) is 3.62. The molecule has 41 heavy (non-hydrogen) atoms. The van der Waals surface area contributed by atoms with Gasteiger partial charge in [0.25, 0.3) is 6.01 Å². The van der Waals surface area contributed by atoms with Crippen LogP contribution in [-0.2, 0) is 13.1 Å². The summed E-state index contributed by atoms with van der Waals surface area (Å²) in [6, 6.07) is 11.6. The molecule has 4 aromatic rings. The van der Waals surface area contributed by atoms with E-state index in [1.165, 1.54) is 23.5 Å². The first-order valence-electron chi connectivity index (χ1n) is 12.8. The van der Waals surface area contributed by atoms with E-state index in [-0.39, 0.29) is 12.3 Å². The van der Waals surface area contributed by atoms with Crippen LogP contribution < -0.4 is 19.1 Å². The minimum Gasteiger partial charge on any atom is -0.445 e. The third-order valence-corrected chi connectivity index (χ3v) is 8.10. The Morgan fingerprint density at radius 3 is 2.61 bits per heavy atom. The molecule has 216 valence electrons. The van der Waals surface area contributed by atoms with Crippen molar-refractivity contribution in [2.75, 3.05) is 31.1 Å². The van der Waals surface area contributed by atoms with Gasteiger partial charge in [-0.05, 0) is 36.8 Å². The van der Waals surface area contributed by atoms with Gasteiger partial charge in [0, 0.05) is 45.1 Å². The standard InChI is InChI=1S/C26H25F3N6O5S/c1-25(16-34-10-9-30-23(34)40-25)22(35(36)37)38-19-3-2-4-20-21(19)31-24(41-20)33-13-11-32(12-14-33)15-17-5-7-18(8-6-17)39-26(27,28)29/h2-10,22H,11-16H2,1H3/t22-,25?/m0/s1. The average molecular weight is 591 g/mol. The third-order valence-electron chi connectivity index (χ3n) is 7.02. The first kappa shape index (κ1) is 27.1. The van der Waals surface area contributed by atoms with Crippen molar-refractivity contribution in [3.63, 3.8) is 0 Å². The number of alkyl halides is 3. The number of nitro groups is 1. The van der Waals surface area contributed by atoms with Crippen molar-refractivity contribution in [1.29, 1.82) is 0 Å². The lowest BCUT2D eigenvalue weighted by Crippen LogP contribution is -2.52. The summed E-state index contributed by atoms with van der Waals surface area (Å²) < 4.78 is 55.5. The van der Waals surface area contributed by atoms with Crippen LogP contribution in [0.3, 0.4) is 0 Å². The molecule has 2 aromatic heterocycles. The molecule has 4 heterocycles. The Balaban J connectivity index is 1.11. The number of ether oxygens (including phenoxy) is 3. The van der Waals surface area contributed by atoms with E-state index in [0.29, 0.717) is 36.9 Å². The maximum atomic E-state index is 12.4. The van der Waals surface area contributed by atoms with Gasteiger partial charge in [-0.25, -0.2) is 9.97 Å². The van der Waals surface area contributed by atoms with E-state index in [0.717, 1.165) is 28.5 Å². The van der Waals surface area contributed by atoms with Crippen LogP contribution in [0.15, 0.2) is 54.9 Å². The highest BCUT2D eigenvalue weighted by Gasteiger charge is 2.52. The van der Waals surface area contributed by atoms with Crippen molar-refractivity contribution in [2.24, 2.45) is 0 Å². The summed E-state index contributed by atoms with van der Waals surface area (Å²) in [5, 5.41) is 12.9. The molecule has 0 spiro atoms. The fourth-order valence-electron chi connectivity index (χ4n) is 5.03. The number of benzene rings is 2. The summed E-state index contributed by atoms with van der Waals surface area (Å²) in [5.74, 6) is 0.0594. The number of halogens is 3. The molecule has 1 unspecified atom stereocenters. The van der Waals surface area contributed by atoms with Crippen LogP contribution in [0.4, 0.5) is 18.3 Å². The van der Waals surface area contributed by atoms with Crippen LogP contribution in [0.5, 0.6) is 17.5 Å². The smallest absolute Gasteiger partial charge is 0.445 e. The van der Waals surface area contributed by atoms with Crippen LogP contribution in [0, 0.1) is 10.1 Å². The molecule has 0 amide bonds. The van der Waals surface area contributed by atoms with Crippen molar-refractivity contribution in [2.45, 2.75) is 38.2 Å². The van der Waals surface area contributed by atoms with E-state index in [2.05, 4.69) is 19.5 Å². The van der Waals surface area contributed by atoms with Crippen molar-refractivity contribution >= 4 is 26.7 Å². The fourth-order valence-corrected chi connectivity index (χ4v) is 6.07. The van der Waals surface area contributed by atoms with Gasteiger partial charge in [0.15, 0.2) is 10.9 Å². The number of hydrogen-bond acceptors (Lipinski definition) is 10. The van der Waals surface area contributed by atoms with E-state index in [9.17, 15) is 23.3 Å². The number of anilines is 1. The Hall–Kier alpha value is -4.11. The number of nitrogens with zero attached hydrogens (tertiary/aromatic N) is 6. The predicted octanol–water partition coefficient (Wildman–Crippen LogP) is 4.55. The van der Waals surface area contributed by atoms with Gasteiger partial charge >= 0.3 is 12.6 Å². The Morgan fingerprint density at radius 2 is 1.93 bits per heavy atom. The number of thiazole rings is 1. The summed E-state index contributed by atoms with van der Waals surface area (Å²) >= 11 is 1.48. The largest absolute Gasteiger partial charge is 0.573 e. The summed E-state index contributed by atoms with van der Waals surface area (Å²) in [7, 11) is 0. The second-order valence-electron chi connectivity index (χ2n) is 10.1. The number of para-hydroxylation sites is 1. The van der Waals surface area contributed by atoms with Gasteiger partial charge in [0.1, 0.15) is 11.3 Å². The van der Waals surface area contributed by atoms with Gasteiger partial charge in [-0.2, -0.15) is 0 Å². The minimum absolute atomic E-state index is 0.224. The molecule has 0 radical (unpaired) electrons. The van der Waals surface area contributed by atoms with Gasteiger partial charge < -0.3 is 19.1 Å². The van der Waals surface area contributed by atoms with Gasteiger partial charge in [-0.15, -0.1) is 13.2 Å². The molecular weight excluding hydrogens is 565 g/mol. The molecule has 2 aromatic carbocycles. The monoisotopic (exact) mass is 590 g/mol. The Kier molecular flexibility index (Phi) is 6.85. The van der Waals surface area contributed by atoms with Crippen molar-refractivity contribution in [3.8, 4) is 17.5 Å². The van der Waals surface area contributed by atoms with Gasteiger partial charge in [-0.1, -0.05) is 29.5 Å². The molecular formula is C26H25F3N6O5S. The molecule has 1 saturated heterocycles. The normalized spacial score (nSPS) is 20.0. The summed E-state index contributed by atoms with van der Waals surface area (Å²) in [6.07, 6.45) is -2.93. The maximum Gasteiger partial charge on any atom is 0.573 e. The Labute approximate surface area is 235 Å². The zero-order chi connectivity index (χ0) is 28.8. The lowest BCUT2D eigenvalue weighted by atomic mass is 10.1. The molecule has 6 rings (SSSR count). The van der Waals surface area contributed by atoms with E-state index in [4.69, 9.17) is 14.5 Å². The number of piperazine rings is 1. The predicted molar refractivity (Wildman–Crippen MR) is 143 cm³/mol. The van der Waals surface area contributed by atoms with Crippen LogP contribution >= 0.6 is 11.3 Å². The lowest BCUT2D eigenvalue weighted by molar-refractivity contribution is -0.583. The highest BCUT2D eigenvalue weighted by Crippen LogP contribution is 2.38. The van der Waals surface area contributed by atoms with Gasteiger partial charge in [0.2, 0.25) is 5.60 Å². The van der Waals surface area contributed by atoms with Crippen molar-refractivity contribution in [1.82, 2.24) is 19.4 Å². The zero-order valence-electron chi connectivity index (χ0n) is 21.8. The molecule has 2 atom stereocenters. The van der Waals surface area contributed by atoms with E-state index < -0.39 is 23.1 Å². The molecule has 0 bridgehead atoms. The molecule has 0 aliphatic carbocycles. The summed E-state index contributed by atoms with van der Waals surface area (Å²) in [5.41, 5.74) is 0.177. The molecule has 2 aliphatic rings.